The summed E-state index contributed by atoms with van der Waals surface area (Å²) in [5.41, 5.74) is 0. The molecule has 1 saturated carbocycles. The lowest BCUT2D eigenvalue weighted by Crippen LogP contribution is -2.36. The van der Waals surface area contributed by atoms with Crippen LogP contribution in [0.5, 0.6) is 0 Å². The molecule has 0 amide bonds. The van der Waals surface area contributed by atoms with Gasteiger partial charge in [0.25, 0.3) is 10.0 Å². The molecule has 18 heavy (non-hydrogen) atoms. The molecule has 1 aliphatic rings. The number of hydrogen-bond acceptors (Lipinski definition) is 4. The highest BCUT2D eigenvalue weighted by Crippen LogP contribution is 2.26. The van der Waals surface area contributed by atoms with E-state index in [4.69, 9.17) is 9.52 Å². The quantitative estimate of drug-likeness (QED) is 0.865. The Bertz CT molecular complexity index is 548. The van der Waals surface area contributed by atoms with Crippen molar-refractivity contribution in [1.82, 2.24) is 4.72 Å². The molecule has 2 atom stereocenters. The van der Waals surface area contributed by atoms with Crippen LogP contribution in [0.3, 0.4) is 0 Å². The zero-order chi connectivity index (χ0) is 13.3. The molecule has 1 fully saturated rings. The Morgan fingerprint density at radius 1 is 1.44 bits per heavy atom. The third-order valence-corrected chi connectivity index (χ3v) is 4.59. The monoisotopic (exact) mass is 273 g/mol. The van der Waals surface area contributed by atoms with E-state index in [9.17, 15) is 13.2 Å². The minimum Gasteiger partial charge on any atom is -0.475 e. The van der Waals surface area contributed by atoms with E-state index >= 15 is 0 Å². The lowest BCUT2D eigenvalue weighted by Gasteiger charge is -2.15. The van der Waals surface area contributed by atoms with Crippen molar-refractivity contribution >= 4 is 16.0 Å². The first kappa shape index (κ1) is 13.1. The van der Waals surface area contributed by atoms with Crippen molar-refractivity contribution in [3.8, 4) is 0 Å². The Balaban J connectivity index is 2.17. The first-order valence-electron chi connectivity index (χ1n) is 5.75. The molecule has 0 spiro atoms. The van der Waals surface area contributed by atoms with Gasteiger partial charge in [0.05, 0.1) is 0 Å². The zero-order valence-corrected chi connectivity index (χ0v) is 10.7. The van der Waals surface area contributed by atoms with Crippen LogP contribution in [-0.4, -0.2) is 25.5 Å². The molecule has 0 radical (unpaired) electrons. The van der Waals surface area contributed by atoms with Gasteiger partial charge >= 0.3 is 5.97 Å². The van der Waals surface area contributed by atoms with Crippen LogP contribution in [0.25, 0.3) is 0 Å². The van der Waals surface area contributed by atoms with E-state index in [1.54, 1.807) is 0 Å². The molecule has 0 saturated heterocycles. The molecule has 100 valence electrons. The Morgan fingerprint density at radius 3 is 2.67 bits per heavy atom. The molecule has 1 aromatic heterocycles. The zero-order valence-electron chi connectivity index (χ0n) is 9.92. The Kier molecular flexibility index (Phi) is 3.45. The molecule has 2 rings (SSSR count). The van der Waals surface area contributed by atoms with Crippen molar-refractivity contribution in [3.63, 3.8) is 0 Å². The summed E-state index contributed by atoms with van der Waals surface area (Å²) in [5, 5.41) is 8.33. The number of sulfonamides is 1. The van der Waals surface area contributed by atoms with E-state index < -0.39 is 16.0 Å². The molecule has 1 aromatic rings. The summed E-state index contributed by atoms with van der Waals surface area (Å²) in [6.45, 7) is 1.99. The number of hydrogen-bond donors (Lipinski definition) is 2. The van der Waals surface area contributed by atoms with Gasteiger partial charge in [-0.2, -0.15) is 0 Å². The molecular formula is C11H15NO5S. The maximum Gasteiger partial charge on any atom is 0.371 e. The maximum absolute atomic E-state index is 12.0. The minimum atomic E-state index is -3.77. The Morgan fingerprint density at radius 2 is 2.17 bits per heavy atom. The normalized spacial score (nSPS) is 24.3. The van der Waals surface area contributed by atoms with Crippen LogP contribution in [0.2, 0.25) is 0 Å². The van der Waals surface area contributed by atoms with Crippen LogP contribution in [0.15, 0.2) is 21.6 Å². The van der Waals surface area contributed by atoms with Crippen molar-refractivity contribution in [1.29, 1.82) is 0 Å². The van der Waals surface area contributed by atoms with Gasteiger partial charge in [0.1, 0.15) is 0 Å². The smallest absolute Gasteiger partial charge is 0.371 e. The molecule has 7 heteroatoms. The van der Waals surface area contributed by atoms with Gasteiger partial charge in [0.2, 0.25) is 10.9 Å². The van der Waals surface area contributed by atoms with Crippen molar-refractivity contribution in [2.45, 2.75) is 37.3 Å². The lowest BCUT2D eigenvalue weighted by atomic mass is 10.1. The number of aromatic carboxylic acids is 1. The second-order valence-corrected chi connectivity index (χ2v) is 6.20. The topological polar surface area (TPSA) is 96.6 Å². The average Bonchev–Trinajstić information content (AvgIpc) is 2.88. The van der Waals surface area contributed by atoms with Crippen LogP contribution < -0.4 is 4.72 Å². The summed E-state index contributed by atoms with van der Waals surface area (Å²) in [6, 6.07) is 2.19. The van der Waals surface area contributed by atoms with Gasteiger partial charge in [-0.05, 0) is 30.9 Å². The minimum absolute atomic E-state index is 0.103. The summed E-state index contributed by atoms with van der Waals surface area (Å²) >= 11 is 0. The number of rotatable bonds is 4. The number of nitrogens with one attached hydrogen (secondary N) is 1. The van der Waals surface area contributed by atoms with E-state index in [2.05, 4.69) is 4.72 Å². The molecule has 1 heterocycles. The average molecular weight is 273 g/mol. The van der Waals surface area contributed by atoms with Crippen molar-refractivity contribution in [2.75, 3.05) is 0 Å². The third kappa shape index (κ3) is 2.56. The van der Waals surface area contributed by atoms with Gasteiger partial charge in [-0.25, -0.2) is 17.9 Å². The number of carboxylic acids is 1. The fourth-order valence-corrected chi connectivity index (χ4v) is 3.47. The summed E-state index contributed by atoms with van der Waals surface area (Å²) < 4.78 is 31.3. The second kappa shape index (κ2) is 4.74. The highest BCUT2D eigenvalue weighted by atomic mass is 32.2. The molecule has 0 aliphatic heterocycles. The van der Waals surface area contributed by atoms with Gasteiger partial charge in [0, 0.05) is 6.04 Å². The summed E-state index contributed by atoms with van der Waals surface area (Å²) in [5.74, 6) is -1.38. The van der Waals surface area contributed by atoms with Crippen LogP contribution in [0, 0.1) is 5.92 Å². The fraction of sp³-hybridized carbons (Fsp3) is 0.545. The summed E-state index contributed by atoms with van der Waals surface area (Å²) in [4.78, 5) is 10.6. The van der Waals surface area contributed by atoms with Crippen LogP contribution in [0.4, 0.5) is 0 Å². The van der Waals surface area contributed by atoms with E-state index in [1.807, 2.05) is 6.92 Å². The molecule has 6 nitrogen and oxygen atoms in total. The summed E-state index contributed by atoms with van der Waals surface area (Å²) in [6.07, 6.45) is 2.78. The maximum atomic E-state index is 12.0. The Hall–Kier alpha value is -1.34. The van der Waals surface area contributed by atoms with Gasteiger partial charge in [0.15, 0.2) is 0 Å². The predicted molar refractivity (Wildman–Crippen MR) is 62.8 cm³/mol. The highest BCUT2D eigenvalue weighted by molar-refractivity contribution is 7.89. The van der Waals surface area contributed by atoms with E-state index in [1.165, 1.54) is 0 Å². The molecule has 2 N–H and O–H groups in total. The highest BCUT2D eigenvalue weighted by Gasteiger charge is 2.30. The number of carboxylic acid groups (broad SMARTS) is 1. The Labute approximate surface area is 105 Å². The SMILES string of the molecule is CC1CCCC1NS(=O)(=O)c1ccc(C(=O)O)o1. The molecule has 1 aliphatic carbocycles. The van der Waals surface area contributed by atoms with E-state index in [-0.39, 0.29) is 22.8 Å². The first-order valence-corrected chi connectivity index (χ1v) is 7.24. The van der Waals surface area contributed by atoms with Gasteiger partial charge in [-0.15, -0.1) is 0 Å². The fourth-order valence-electron chi connectivity index (χ4n) is 2.16. The van der Waals surface area contributed by atoms with Crippen molar-refractivity contribution in [2.24, 2.45) is 5.92 Å². The second-order valence-electron chi connectivity index (χ2n) is 4.56. The van der Waals surface area contributed by atoms with Crippen LogP contribution in [-0.2, 0) is 10.0 Å². The van der Waals surface area contributed by atoms with Crippen LogP contribution in [0.1, 0.15) is 36.7 Å². The van der Waals surface area contributed by atoms with Crippen molar-refractivity contribution in [3.05, 3.63) is 17.9 Å². The molecule has 0 aromatic carbocycles. The van der Waals surface area contributed by atoms with Gasteiger partial charge in [-0.3, -0.25) is 0 Å². The molecule has 0 bridgehead atoms. The number of furan rings is 1. The van der Waals surface area contributed by atoms with Crippen molar-refractivity contribution < 1.29 is 22.7 Å². The number of carbonyl (C=O) groups is 1. The third-order valence-electron chi connectivity index (χ3n) is 3.22. The largest absolute Gasteiger partial charge is 0.475 e. The van der Waals surface area contributed by atoms with E-state index in [0.717, 1.165) is 31.4 Å². The lowest BCUT2D eigenvalue weighted by molar-refractivity contribution is 0.0656. The van der Waals surface area contributed by atoms with E-state index in [0.29, 0.717) is 0 Å². The van der Waals surface area contributed by atoms with Gasteiger partial charge in [-0.1, -0.05) is 13.3 Å². The summed E-state index contributed by atoms with van der Waals surface area (Å²) in [7, 11) is -3.77. The molecular weight excluding hydrogens is 258 g/mol. The predicted octanol–water partition coefficient (Wildman–Crippen LogP) is 1.44. The molecule has 2 unspecified atom stereocenters. The first-order chi connectivity index (χ1) is 8.40. The van der Waals surface area contributed by atoms with Gasteiger partial charge < -0.3 is 9.52 Å². The van der Waals surface area contributed by atoms with Crippen LogP contribution >= 0.6 is 0 Å². The standard InChI is InChI=1S/C11H15NO5S/c1-7-3-2-4-8(7)12-18(15,16)10-6-5-9(17-10)11(13)14/h5-8,12H,2-4H2,1H3,(H,13,14).